The predicted octanol–water partition coefficient (Wildman–Crippen LogP) is 1.09. The molecular formula is C17H26ClN3O5. The van der Waals surface area contributed by atoms with Crippen LogP contribution in [0.4, 0.5) is 5.69 Å². The van der Waals surface area contributed by atoms with Gasteiger partial charge >= 0.3 is 5.97 Å². The van der Waals surface area contributed by atoms with Crippen molar-refractivity contribution in [2.24, 2.45) is 11.7 Å². The third kappa shape index (κ3) is 8.68. The summed E-state index contributed by atoms with van der Waals surface area (Å²) in [5.74, 6) is -0.501. The Balaban J connectivity index is 0.00000625. The van der Waals surface area contributed by atoms with Crippen LogP contribution < -0.4 is 21.1 Å². The number of carbonyl (C=O) groups is 3. The minimum absolute atomic E-state index is 0. The number of amides is 2. The zero-order chi connectivity index (χ0) is 18.8. The topological polar surface area (TPSA) is 120 Å². The number of rotatable bonds is 9. The van der Waals surface area contributed by atoms with Crippen LogP contribution in [0, 0.1) is 5.92 Å². The van der Waals surface area contributed by atoms with Crippen LogP contribution in [0.3, 0.4) is 0 Å². The van der Waals surface area contributed by atoms with Crippen molar-refractivity contribution in [3.05, 3.63) is 24.3 Å². The van der Waals surface area contributed by atoms with Crippen LogP contribution in [0.25, 0.3) is 0 Å². The van der Waals surface area contributed by atoms with Gasteiger partial charge in [0.25, 0.3) is 0 Å². The number of methoxy groups -OCH3 is 1. The molecule has 0 bridgehead atoms. The number of nitrogens with two attached hydrogens (primary N) is 1. The lowest BCUT2D eigenvalue weighted by atomic mass is 10.1. The van der Waals surface area contributed by atoms with E-state index in [1.165, 1.54) is 7.11 Å². The summed E-state index contributed by atoms with van der Waals surface area (Å²) in [6, 6.07) is 6.01. The van der Waals surface area contributed by atoms with E-state index in [-0.39, 0.29) is 55.7 Å². The largest absolute Gasteiger partial charge is 0.493 e. The highest BCUT2D eigenvalue weighted by Crippen LogP contribution is 2.15. The Labute approximate surface area is 159 Å². The second-order valence-corrected chi connectivity index (χ2v) is 5.73. The standard InChI is InChI=1S/C17H25N3O5.ClH/c1-11(2)16(18)17(23)19-10-14(21)20-12-4-6-13(7-5-12)25-9-8-15(22)24-3;/h4-7,11,16H,8-10,18H2,1-3H3,(H,19,23)(H,20,21);1H/t16-;/m0./s1. The highest BCUT2D eigenvalue weighted by atomic mass is 35.5. The van der Waals surface area contributed by atoms with Crippen LogP contribution in [0.1, 0.15) is 20.3 Å². The van der Waals surface area contributed by atoms with Crippen molar-refractivity contribution in [3.63, 3.8) is 0 Å². The van der Waals surface area contributed by atoms with E-state index in [4.69, 9.17) is 10.5 Å². The van der Waals surface area contributed by atoms with Crippen LogP contribution in [0.5, 0.6) is 5.75 Å². The zero-order valence-electron chi connectivity index (χ0n) is 15.1. The van der Waals surface area contributed by atoms with Crippen LogP contribution in [-0.2, 0) is 19.1 Å². The van der Waals surface area contributed by atoms with Crippen molar-refractivity contribution in [3.8, 4) is 5.75 Å². The van der Waals surface area contributed by atoms with E-state index in [0.717, 1.165) is 0 Å². The van der Waals surface area contributed by atoms with Crippen molar-refractivity contribution >= 4 is 35.9 Å². The fourth-order valence-corrected chi connectivity index (χ4v) is 1.78. The van der Waals surface area contributed by atoms with E-state index in [1.54, 1.807) is 24.3 Å². The maximum atomic E-state index is 11.8. The molecule has 0 spiro atoms. The highest BCUT2D eigenvalue weighted by molar-refractivity contribution is 5.95. The number of anilines is 1. The smallest absolute Gasteiger partial charge is 0.308 e. The van der Waals surface area contributed by atoms with Crippen molar-refractivity contribution in [1.82, 2.24) is 5.32 Å². The van der Waals surface area contributed by atoms with Crippen LogP contribution in [0.15, 0.2) is 24.3 Å². The lowest BCUT2D eigenvalue weighted by molar-refractivity contribution is -0.141. The van der Waals surface area contributed by atoms with Crippen LogP contribution in [-0.4, -0.2) is 44.1 Å². The molecule has 0 saturated heterocycles. The maximum absolute atomic E-state index is 11.8. The van der Waals surface area contributed by atoms with Crippen LogP contribution >= 0.6 is 12.4 Å². The van der Waals surface area contributed by atoms with Crippen molar-refractivity contribution in [2.45, 2.75) is 26.3 Å². The summed E-state index contributed by atoms with van der Waals surface area (Å²) in [7, 11) is 1.32. The van der Waals surface area contributed by atoms with Gasteiger partial charge in [-0.25, -0.2) is 0 Å². The molecule has 0 aromatic heterocycles. The van der Waals surface area contributed by atoms with E-state index in [0.29, 0.717) is 11.4 Å². The Morgan fingerprint density at radius 3 is 2.31 bits per heavy atom. The predicted molar refractivity (Wildman–Crippen MR) is 100 cm³/mol. The summed E-state index contributed by atoms with van der Waals surface area (Å²) in [4.78, 5) is 34.5. The number of nitrogens with one attached hydrogen (secondary N) is 2. The average Bonchev–Trinajstić information content (AvgIpc) is 2.60. The fourth-order valence-electron chi connectivity index (χ4n) is 1.78. The first-order chi connectivity index (χ1) is 11.8. The molecule has 1 aromatic rings. The lowest BCUT2D eigenvalue weighted by Crippen LogP contribution is -2.46. The molecule has 2 amide bonds. The Kier molecular flexibility index (Phi) is 11.0. The minimum atomic E-state index is -0.644. The van der Waals surface area contributed by atoms with Crippen molar-refractivity contribution < 1.29 is 23.9 Å². The van der Waals surface area contributed by atoms with Gasteiger partial charge < -0.3 is 25.8 Å². The van der Waals surface area contributed by atoms with Gasteiger partial charge in [-0.15, -0.1) is 12.4 Å². The van der Waals surface area contributed by atoms with Crippen molar-refractivity contribution in [2.75, 3.05) is 25.6 Å². The first kappa shape index (κ1) is 23.7. The fraction of sp³-hybridized carbons (Fsp3) is 0.471. The third-order valence-corrected chi connectivity index (χ3v) is 3.38. The molecule has 8 nitrogen and oxygen atoms in total. The summed E-state index contributed by atoms with van der Waals surface area (Å²) >= 11 is 0. The number of ether oxygens (including phenoxy) is 2. The maximum Gasteiger partial charge on any atom is 0.308 e. The summed E-state index contributed by atoms with van der Waals surface area (Å²) in [5, 5.41) is 5.15. The summed E-state index contributed by atoms with van der Waals surface area (Å²) < 4.78 is 9.90. The quantitative estimate of drug-likeness (QED) is 0.545. The van der Waals surface area contributed by atoms with Gasteiger partial charge in [-0.2, -0.15) is 0 Å². The molecular weight excluding hydrogens is 362 g/mol. The van der Waals surface area contributed by atoms with Gasteiger partial charge in [0.2, 0.25) is 11.8 Å². The van der Waals surface area contributed by atoms with Crippen LogP contribution in [0.2, 0.25) is 0 Å². The number of benzene rings is 1. The molecule has 1 rings (SSSR count). The molecule has 0 saturated carbocycles. The van der Waals surface area contributed by atoms with Gasteiger partial charge in [-0.1, -0.05) is 13.8 Å². The highest BCUT2D eigenvalue weighted by Gasteiger charge is 2.17. The van der Waals surface area contributed by atoms with E-state index in [1.807, 2.05) is 13.8 Å². The molecule has 0 aliphatic carbocycles. The molecule has 9 heteroatoms. The van der Waals surface area contributed by atoms with E-state index in [2.05, 4.69) is 15.4 Å². The second-order valence-electron chi connectivity index (χ2n) is 5.73. The average molecular weight is 388 g/mol. The molecule has 1 aromatic carbocycles. The molecule has 0 unspecified atom stereocenters. The van der Waals surface area contributed by atoms with E-state index < -0.39 is 6.04 Å². The summed E-state index contributed by atoms with van der Waals surface area (Å²) in [5.41, 5.74) is 6.26. The van der Waals surface area contributed by atoms with Gasteiger partial charge in [0.15, 0.2) is 0 Å². The number of hydrogen-bond acceptors (Lipinski definition) is 6. The van der Waals surface area contributed by atoms with E-state index >= 15 is 0 Å². The number of hydrogen-bond donors (Lipinski definition) is 3. The molecule has 1 atom stereocenters. The van der Waals surface area contributed by atoms with Gasteiger partial charge in [0, 0.05) is 5.69 Å². The molecule has 146 valence electrons. The first-order valence-corrected chi connectivity index (χ1v) is 7.96. The Bertz CT molecular complexity index is 593. The second kappa shape index (κ2) is 12.1. The molecule has 0 heterocycles. The molecule has 4 N–H and O–H groups in total. The SMILES string of the molecule is COC(=O)CCOc1ccc(NC(=O)CNC(=O)[C@@H](N)C(C)C)cc1.Cl. The minimum Gasteiger partial charge on any atom is -0.493 e. The summed E-state index contributed by atoms with van der Waals surface area (Å²) in [6.45, 7) is 3.72. The third-order valence-electron chi connectivity index (χ3n) is 3.38. The molecule has 26 heavy (non-hydrogen) atoms. The normalized spacial score (nSPS) is 11.1. The molecule has 0 fully saturated rings. The Morgan fingerprint density at radius 1 is 1.15 bits per heavy atom. The van der Waals surface area contributed by atoms with Crippen molar-refractivity contribution in [1.29, 1.82) is 0 Å². The monoisotopic (exact) mass is 387 g/mol. The first-order valence-electron chi connectivity index (χ1n) is 7.96. The summed E-state index contributed by atoms with van der Waals surface area (Å²) in [6.07, 6.45) is 0.160. The zero-order valence-corrected chi connectivity index (χ0v) is 15.9. The molecule has 0 aliphatic rings. The molecule has 0 aliphatic heterocycles. The van der Waals surface area contributed by atoms with Gasteiger partial charge in [-0.3, -0.25) is 14.4 Å². The Hall–Kier alpha value is -2.32. The number of carbonyl (C=O) groups excluding carboxylic acids is 3. The molecule has 0 radical (unpaired) electrons. The van der Waals surface area contributed by atoms with Gasteiger partial charge in [0.1, 0.15) is 5.75 Å². The van der Waals surface area contributed by atoms with Gasteiger partial charge in [0.05, 0.1) is 32.7 Å². The number of halogens is 1. The van der Waals surface area contributed by atoms with E-state index in [9.17, 15) is 14.4 Å². The number of esters is 1. The lowest BCUT2D eigenvalue weighted by Gasteiger charge is -2.15. The van der Waals surface area contributed by atoms with Gasteiger partial charge in [-0.05, 0) is 30.2 Å². The Morgan fingerprint density at radius 2 is 1.77 bits per heavy atom.